The number of aliphatic hydroxyl groups excluding tert-OH is 1. The van der Waals surface area contributed by atoms with Crippen LogP contribution in [0.4, 0.5) is 5.69 Å². The number of benzene rings is 2. The van der Waals surface area contributed by atoms with Gasteiger partial charge in [-0.05, 0) is 48.2 Å². The number of carbonyl (C=O) groups is 2. The molecule has 0 spiro atoms. The van der Waals surface area contributed by atoms with Crippen molar-refractivity contribution >= 4 is 46.1 Å². The second-order valence-electron chi connectivity index (χ2n) is 7.19. The van der Waals surface area contributed by atoms with Gasteiger partial charge in [0, 0.05) is 27.2 Å². The molecule has 1 aliphatic rings. The number of hydrogen-bond acceptors (Lipinski definition) is 6. The Labute approximate surface area is 194 Å². The van der Waals surface area contributed by atoms with E-state index in [2.05, 4.69) is 0 Å². The van der Waals surface area contributed by atoms with Crippen LogP contribution in [0.2, 0.25) is 5.02 Å². The summed E-state index contributed by atoms with van der Waals surface area (Å²) < 4.78 is 10.7. The minimum Gasteiger partial charge on any atom is -0.507 e. The molecule has 0 bridgehead atoms. The Morgan fingerprint density at radius 3 is 2.44 bits per heavy atom. The fourth-order valence-corrected chi connectivity index (χ4v) is 4.99. The van der Waals surface area contributed by atoms with Gasteiger partial charge in [-0.3, -0.25) is 14.5 Å². The molecule has 32 heavy (non-hydrogen) atoms. The Hall–Kier alpha value is -3.29. The second-order valence-corrected chi connectivity index (χ2v) is 8.57. The molecule has 1 N–H and O–H groups in total. The van der Waals surface area contributed by atoms with Crippen molar-refractivity contribution in [2.45, 2.75) is 13.0 Å². The molecule has 1 aromatic heterocycles. The fraction of sp³-hybridized carbons (Fsp3) is 0.167. The lowest BCUT2D eigenvalue weighted by Crippen LogP contribution is -2.29. The highest BCUT2D eigenvalue weighted by Gasteiger charge is 2.48. The number of anilines is 1. The molecule has 1 amide bonds. The quantitative estimate of drug-likeness (QED) is 0.309. The van der Waals surface area contributed by atoms with Gasteiger partial charge >= 0.3 is 0 Å². The number of thiophene rings is 1. The molecule has 1 fully saturated rings. The largest absolute Gasteiger partial charge is 0.507 e. The summed E-state index contributed by atoms with van der Waals surface area (Å²) in [4.78, 5) is 28.6. The molecule has 1 aliphatic heterocycles. The van der Waals surface area contributed by atoms with Crippen molar-refractivity contribution in [3.63, 3.8) is 0 Å². The lowest BCUT2D eigenvalue weighted by atomic mass is 9.98. The first-order valence-corrected chi connectivity index (χ1v) is 11.0. The van der Waals surface area contributed by atoms with Crippen LogP contribution in [0.1, 0.15) is 22.0 Å². The van der Waals surface area contributed by atoms with Crippen molar-refractivity contribution in [1.82, 2.24) is 0 Å². The van der Waals surface area contributed by atoms with Crippen LogP contribution >= 0.6 is 22.9 Å². The summed E-state index contributed by atoms with van der Waals surface area (Å²) in [6.07, 6.45) is 0. The van der Waals surface area contributed by atoms with Gasteiger partial charge in [-0.2, -0.15) is 0 Å². The van der Waals surface area contributed by atoms with Crippen LogP contribution in [0, 0.1) is 6.92 Å². The molecule has 2 heterocycles. The number of amides is 1. The fourth-order valence-electron chi connectivity index (χ4n) is 3.78. The zero-order chi connectivity index (χ0) is 23.0. The smallest absolute Gasteiger partial charge is 0.300 e. The Balaban J connectivity index is 1.95. The number of aliphatic hydroxyl groups is 1. The van der Waals surface area contributed by atoms with Gasteiger partial charge in [-0.15, -0.1) is 11.3 Å². The van der Waals surface area contributed by atoms with Crippen molar-refractivity contribution in [2.75, 3.05) is 19.1 Å². The van der Waals surface area contributed by atoms with Crippen LogP contribution in [0.15, 0.2) is 59.5 Å². The normalized spacial score (nSPS) is 17.6. The zero-order valence-corrected chi connectivity index (χ0v) is 19.2. The van der Waals surface area contributed by atoms with E-state index in [0.717, 1.165) is 10.4 Å². The number of rotatable bonds is 5. The topological polar surface area (TPSA) is 76.1 Å². The number of ketones is 1. The van der Waals surface area contributed by atoms with Gasteiger partial charge in [0.15, 0.2) is 11.5 Å². The third kappa shape index (κ3) is 3.63. The molecule has 6 nitrogen and oxygen atoms in total. The molecule has 164 valence electrons. The predicted molar refractivity (Wildman–Crippen MR) is 125 cm³/mol. The summed E-state index contributed by atoms with van der Waals surface area (Å²) in [6.45, 7) is 1.90. The lowest BCUT2D eigenvalue weighted by molar-refractivity contribution is -0.132. The number of nitrogens with zero attached hydrogens (tertiary/aromatic N) is 1. The molecule has 3 aromatic rings. The van der Waals surface area contributed by atoms with E-state index in [-0.39, 0.29) is 11.3 Å². The van der Waals surface area contributed by atoms with E-state index in [1.807, 2.05) is 18.4 Å². The molecule has 1 unspecified atom stereocenters. The zero-order valence-electron chi connectivity index (χ0n) is 17.6. The summed E-state index contributed by atoms with van der Waals surface area (Å²) >= 11 is 7.50. The molecule has 4 rings (SSSR count). The Kier molecular flexibility index (Phi) is 5.95. The standard InChI is InChI=1S/C24H20ClNO5S/c1-13-9-10-32-23(13)20-19(21(27)14-5-4-6-15(25)11-14)22(28)24(29)26(20)16-7-8-17(30-2)18(12-16)31-3/h4-12,20,27H,1-3H3/b21-19-. The highest BCUT2D eigenvalue weighted by molar-refractivity contribution is 7.10. The summed E-state index contributed by atoms with van der Waals surface area (Å²) in [5.41, 5.74) is 1.73. The van der Waals surface area contributed by atoms with E-state index < -0.39 is 17.7 Å². The van der Waals surface area contributed by atoms with E-state index >= 15 is 0 Å². The van der Waals surface area contributed by atoms with Crippen LogP contribution in [0.5, 0.6) is 11.5 Å². The molecule has 0 radical (unpaired) electrons. The van der Waals surface area contributed by atoms with E-state index in [0.29, 0.717) is 27.8 Å². The van der Waals surface area contributed by atoms with Gasteiger partial charge in [0.1, 0.15) is 11.8 Å². The number of hydrogen-bond donors (Lipinski definition) is 1. The molecule has 0 saturated carbocycles. The Morgan fingerprint density at radius 1 is 1.06 bits per heavy atom. The monoisotopic (exact) mass is 469 g/mol. The summed E-state index contributed by atoms with van der Waals surface area (Å²) in [5.74, 6) is -0.862. The maximum Gasteiger partial charge on any atom is 0.300 e. The molecular formula is C24H20ClNO5S. The number of methoxy groups -OCH3 is 2. The van der Waals surface area contributed by atoms with Gasteiger partial charge in [-0.25, -0.2) is 0 Å². The molecule has 0 aliphatic carbocycles. The second kappa shape index (κ2) is 8.68. The maximum atomic E-state index is 13.2. The lowest BCUT2D eigenvalue weighted by Gasteiger charge is -2.25. The number of halogens is 1. The number of Topliss-reactive ketones (excluding diaryl/α,β-unsaturated/α-hetero) is 1. The molecule has 1 atom stereocenters. The van der Waals surface area contributed by atoms with Gasteiger partial charge in [0.2, 0.25) is 0 Å². The first-order chi connectivity index (χ1) is 15.4. The van der Waals surface area contributed by atoms with Crippen LogP contribution in [-0.2, 0) is 9.59 Å². The van der Waals surface area contributed by atoms with E-state index in [4.69, 9.17) is 21.1 Å². The predicted octanol–water partition coefficient (Wildman–Crippen LogP) is 5.35. The van der Waals surface area contributed by atoms with Gasteiger partial charge in [0.25, 0.3) is 11.7 Å². The van der Waals surface area contributed by atoms with Crippen molar-refractivity contribution in [2.24, 2.45) is 0 Å². The number of ether oxygens (including phenoxy) is 2. The van der Waals surface area contributed by atoms with Gasteiger partial charge in [-0.1, -0.05) is 23.7 Å². The van der Waals surface area contributed by atoms with Crippen LogP contribution < -0.4 is 14.4 Å². The van der Waals surface area contributed by atoms with Crippen LogP contribution in [0.3, 0.4) is 0 Å². The van der Waals surface area contributed by atoms with Crippen molar-refractivity contribution in [1.29, 1.82) is 0 Å². The van der Waals surface area contributed by atoms with Crippen molar-refractivity contribution in [3.05, 3.63) is 80.5 Å². The molecule has 1 saturated heterocycles. The van der Waals surface area contributed by atoms with E-state index in [1.165, 1.54) is 30.5 Å². The average Bonchev–Trinajstić information content (AvgIpc) is 3.33. The summed E-state index contributed by atoms with van der Waals surface area (Å²) in [5, 5.41) is 13.4. The molecule has 8 heteroatoms. The Bertz CT molecular complexity index is 1250. The first kappa shape index (κ1) is 21.9. The highest BCUT2D eigenvalue weighted by Crippen LogP contribution is 2.46. The Morgan fingerprint density at radius 2 is 1.81 bits per heavy atom. The van der Waals surface area contributed by atoms with Crippen molar-refractivity contribution < 1.29 is 24.2 Å². The minimum atomic E-state index is -0.799. The SMILES string of the molecule is COc1ccc(N2C(=O)C(=O)/C(=C(\O)c3cccc(Cl)c3)C2c2sccc2C)cc1OC. The number of aryl methyl sites for hydroxylation is 1. The molecular weight excluding hydrogens is 450 g/mol. The summed E-state index contributed by atoms with van der Waals surface area (Å²) in [7, 11) is 3.01. The third-order valence-electron chi connectivity index (χ3n) is 5.34. The van der Waals surface area contributed by atoms with Gasteiger partial charge in [0.05, 0.1) is 19.8 Å². The van der Waals surface area contributed by atoms with Crippen molar-refractivity contribution in [3.8, 4) is 11.5 Å². The third-order valence-corrected chi connectivity index (χ3v) is 6.64. The summed E-state index contributed by atoms with van der Waals surface area (Å²) in [6, 6.07) is 12.6. The highest BCUT2D eigenvalue weighted by atomic mass is 35.5. The van der Waals surface area contributed by atoms with Gasteiger partial charge < -0.3 is 14.6 Å². The molecule has 2 aromatic carbocycles. The van der Waals surface area contributed by atoms with Crippen LogP contribution in [0.25, 0.3) is 5.76 Å². The van der Waals surface area contributed by atoms with Crippen LogP contribution in [-0.4, -0.2) is 31.0 Å². The average molecular weight is 470 g/mol. The maximum absolute atomic E-state index is 13.2. The first-order valence-electron chi connectivity index (χ1n) is 9.70. The van der Waals surface area contributed by atoms with E-state index in [9.17, 15) is 14.7 Å². The number of carbonyl (C=O) groups excluding carboxylic acids is 2. The van der Waals surface area contributed by atoms with E-state index in [1.54, 1.807) is 42.5 Å². The minimum absolute atomic E-state index is 0.0117.